The Bertz CT molecular complexity index is 458. The fourth-order valence-corrected chi connectivity index (χ4v) is 2.51. The third-order valence-electron chi connectivity index (χ3n) is 3.82. The fourth-order valence-electron chi connectivity index (χ4n) is 2.51. The summed E-state index contributed by atoms with van der Waals surface area (Å²) >= 11 is 0. The van der Waals surface area contributed by atoms with E-state index in [0.29, 0.717) is 6.04 Å². The molecule has 6 nitrogen and oxygen atoms in total. The molecule has 6 heteroatoms. The Labute approximate surface area is 119 Å². The number of anilines is 1. The van der Waals surface area contributed by atoms with Crippen molar-refractivity contribution in [3.8, 4) is 6.07 Å². The molecule has 3 rings (SSSR count). The van der Waals surface area contributed by atoms with Gasteiger partial charge in [-0.05, 0) is 18.9 Å². The molecule has 20 heavy (non-hydrogen) atoms. The number of nitrogens with zero attached hydrogens (tertiary/aromatic N) is 5. The lowest BCUT2D eigenvalue weighted by Crippen LogP contribution is -2.51. The van der Waals surface area contributed by atoms with E-state index in [4.69, 9.17) is 0 Å². The molecule has 1 N–H and O–H groups in total. The zero-order valence-electron chi connectivity index (χ0n) is 11.6. The van der Waals surface area contributed by atoms with E-state index in [1.165, 1.54) is 12.8 Å². The Balaban J connectivity index is 1.47. The number of piperazine rings is 1. The van der Waals surface area contributed by atoms with Crippen molar-refractivity contribution >= 4 is 5.95 Å². The molecule has 2 fully saturated rings. The van der Waals surface area contributed by atoms with Crippen LogP contribution in [0.25, 0.3) is 0 Å². The molecule has 1 saturated heterocycles. The molecule has 0 bridgehead atoms. The van der Waals surface area contributed by atoms with Gasteiger partial charge >= 0.3 is 0 Å². The predicted octanol–water partition coefficient (Wildman–Crippen LogP) is 0.243. The van der Waals surface area contributed by atoms with Crippen LogP contribution in [0.1, 0.15) is 12.8 Å². The number of hydrogen-bond acceptors (Lipinski definition) is 6. The molecule has 2 heterocycles. The minimum Gasteiger partial charge on any atom is -0.338 e. The average molecular weight is 272 g/mol. The van der Waals surface area contributed by atoms with E-state index in [-0.39, 0.29) is 6.04 Å². The molecule has 0 amide bonds. The summed E-state index contributed by atoms with van der Waals surface area (Å²) in [6, 6.07) is 4.75. The number of nitrogens with one attached hydrogen (secondary N) is 1. The summed E-state index contributed by atoms with van der Waals surface area (Å²) in [6.45, 7) is 4.58. The molecular weight excluding hydrogens is 252 g/mol. The maximum absolute atomic E-state index is 9.19. The third-order valence-corrected chi connectivity index (χ3v) is 3.82. The molecular formula is C14H20N6. The quantitative estimate of drug-likeness (QED) is 0.828. The Morgan fingerprint density at radius 2 is 1.95 bits per heavy atom. The van der Waals surface area contributed by atoms with E-state index in [2.05, 4.69) is 31.2 Å². The van der Waals surface area contributed by atoms with Gasteiger partial charge in [-0.15, -0.1) is 0 Å². The smallest absolute Gasteiger partial charge is 0.225 e. The van der Waals surface area contributed by atoms with Crippen molar-refractivity contribution in [1.29, 1.82) is 5.26 Å². The van der Waals surface area contributed by atoms with Crippen molar-refractivity contribution in [2.75, 3.05) is 37.6 Å². The topological polar surface area (TPSA) is 68.1 Å². The lowest BCUT2D eigenvalue weighted by molar-refractivity contribution is 0.242. The molecule has 1 saturated carbocycles. The molecule has 1 unspecified atom stereocenters. The van der Waals surface area contributed by atoms with Crippen LogP contribution in [0.4, 0.5) is 5.95 Å². The summed E-state index contributed by atoms with van der Waals surface area (Å²) in [6.07, 6.45) is 5.99. The maximum Gasteiger partial charge on any atom is 0.225 e. The Morgan fingerprint density at radius 1 is 1.25 bits per heavy atom. The zero-order chi connectivity index (χ0) is 13.8. The van der Waals surface area contributed by atoms with Crippen molar-refractivity contribution in [1.82, 2.24) is 20.2 Å². The maximum atomic E-state index is 9.19. The Kier molecular flexibility index (Phi) is 4.09. The molecule has 1 aromatic rings. The van der Waals surface area contributed by atoms with E-state index < -0.39 is 0 Å². The predicted molar refractivity (Wildman–Crippen MR) is 76.2 cm³/mol. The fraction of sp³-hybridized carbons (Fsp3) is 0.643. The van der Waals surface area contributed by atoms with E-state index in [0.717, 1.165) is 38.7 Å². The molecule has 1 aliphatic carbocycles. The van der Waals surface area contributed by atoms with Gasteiger partial charge < -0.3 is 4.90 Å². The van der Waals surface area contributed by atoms with Gasteiger partial charge in [-0.2, -0.15) is 5.26 Å². The average Bonchev–Trinajstić information content (AvgIpc) is 3.32. The second-order valence-corrected chi connectivity index (χ2v) is 5.46. The molecule has 0 aromatic carbocycles. The van der Waals surface area contributed by atoms with Crippen LogP contribution in [0.2, 0.25) is 0 Å². The summed E-state index contributed by atoms with van der Waals surface area (Å²) in [5.74, 6) is 0.806. The van der Waals surface area contributed by atoms with Crippen molar-refractivity contribution in [2.24, 2.45) is 0 Å². The molecule has 0 radical (unpaired) electrons. The van der Waals surface area contributed by atoms with Gasteiger partial charge in [0, 0.05) is 51.2 Å². The van der Waals surface area contributed by atoms with Crippen LogP contribution >= 0.6 is 0 Å². The van der Waals surface area contributed by atoms with E-state index in [9.17, 15) is 5.26 Å². The number of rotatable bonds is 5. The van der Waals surface area contributed by atoms with Crippen LogP contribution in [0, 0.1) is 11.3 Å². The first-order valence-electron chi connectivity index (χ1n) is 7.25. The highest BCUT2D eigenvalue weighted by molar-refractivity contribution is 5.29. The summed E-state index contributed by atoms with van der Waals surface area (Å²) < 4.78 is 0. The van der Waals surface area contributed by atoms with Crippen molar-refractivity contribution in [3.05, 3.63) is 18.5 Å². The van der Waals surface area contributed by atoms with Crippen LogP contribution in [-0.2, 0) is 0 Å². The summed E-state index contributed by atoms with van der Waals surface area (Å²) in [5, 5.41) is 12.6. The highest BCUT2D eigenvalue weighted by Gasteiger charge is 2.27. The first kappa shape index (κ1) is 13.3. The van der Waals surface area contributed by atoms with Gasteiger partial charge in [0.25, 0.3) is 0 Å². The number of nitriles is 1. The SMILES string of the molecule is N#CC(CN1CCN(c2ncccn2)CC1)NC1CC1. The monoisotopic (exact) mass is 272 g/mol. The number of hydrogen-bond donors (Lipinski definition) is 1. The highest BCUT2D eigenvalue weighted by Crippen LogP contribution is 2.19. The summed E-state index contributed by atoms with van der Waals surface area (Å²) in [5.41, 5.74) is 0. The van der Waals surface area contributed by atoms with Gasteiger partial charge in [0.2, 0.25) is 5.95 Å². The van der Waals surface area contributed by atoms with Crippen LogP contribution < -0.4 is 10.2 Å². The Hall–Kier alpha value is -1.71. The van der Waals surface area contributed by atoms with Gasteiger partial charge in [-0.1, -0.05) is 0 Å². The molecule has 0 spiro atoms. The van der Waals surface area contributed by atoms with Crippen LogP contribution in [0.15, 0.2) is 18.5 Å². The van der Waals surface area contributed by atoms with Crippen molar-refractivity contribution in [3.63, 3.8) is 0 Å². The first-order chi connectivity index (χ1) is 9.85. The van der Waals surface area contributed by atoms with Crippen molar-refractivity contribution in [2.45, 2.75) is 24.9 Å². The minimum atomic E-state index is -0.0398. The lowest BCUT2D eigenvalue weighted by Gasteiger charge is -2.35. The summed E-state index contributed by atoms with van der Waals surface area (Å²) in [4.78, 5) is 13.1. The lowest BCUT2D eigenvalue weighted by atomic mass is 10.2. The van der Waals surface area contributed by atoms with Gasteiger partial charge in [0.05, 0.1) is 6.07 Å². The van der Waals surface area contributed by atoms with Gasteiger partial charge in [0.1, 0.15) is 6.04 Å². The summed E-state index contributed by atoms with van der Waals surface area (Å²) in [7, 11) is 0. The second-order valence-electron chi connectivity index (χ2n) is 5.46. The first-order valence-corrected chi connectivity index (χ1v) is 7.25. The van der Waals surface area contributed by atoms with Crippen LogP contribution in [0.5, 0.6) is 0 Å². The third kappa shape index (κ3) is 3.44. The van der Waals surface area contributed by atoms with E-state index in [1.54, 1.807) is 12.4 Å². The highest BCUT2D eigenvalue weighted by atomic mass is 15.3. The molecule has 1 atom stereocenters. The van der Waals surface area contributed by atoms with Gasteiger partial charge in [-0.3, -0.25) is 10.2 Å². The van der Waals surface area contributed by atoms with Crippen molar-refractivity contribution < 1.29 is 0 Å². The van der Waals surface area contributed by atoms with Gasteiger partial charge in [0.15, 0.2) is 0 Å². The van der Waals surface area contributed by atoms with E-state index >= 15 is 0 Å². The largest absolute Gasteiger partial charge is 0.338 e. The Morgan fingerprint density at radius 3 is 2.55 bits per heavy atom. The number of aromatic nitrogens is 2. The van der Waals surface area contributed by atoms with Crippen LogP contribution in [-0.4, -0.2) is 59.7 Å². The molecule has 2 aliphatic rings. The molecule has 106 valence electrons. The van der Waals surface area contributed by atoms with E-state index in [1.807, 2.05) is 6.07 Å². The normalized spacial score (nSPS) is 21.4. The van der Waals surface area contributed by atoms with Gasteiger partial charge in [-0.25, -0.2) is 9.97 Å². The molecule has 1 aliphatic heterocycles. The standard InChI is InChI=1S/C14H20N6/c15-10-13(18-12-2-3-12)11-19-6-8-20(9-7-19)14-16-4-1-5-17-14/h1,4-5,12-13,18H,2-3,6-9,11H2. The second kappa shape index (κ2) is 6.16. The van der Waals surface area contributed by atoms with Crippen LogP contribution in [0.3, 0.4) is 0 Å². The minimum absolute atomic E-state index is 0.0398. The zero-order valence-corrected chi connectivity index (χ0v) is 11.6. The molecule has 1 aromatic heterocycles.